The molecule has 0 saturated heterocycles. The van der Waals surface area contributed by atoms with Gasteiger partial charge in [-0.3, -0.25) is 9.78 Å². The third kappa shape index (κ3) is 3.82. The number of likely N-dealkylation sites (N-methyl/N-ethyl adjacent to an activating group) is 1. The molecule has 1 amide bonds. The Hall–Kier alpha value is -2.34. The molecule has 0 spiro atoms. The Labute approximate surface area is 123 Å². The van der Waals surface area contributed by atoms with E-state index < -0.39 is 0 Å². The quantitative estimate of drug-likeness (QED) is 0.836. The van der Waals surface area contributed by atoms with Gasteiger partial charge in [0.1, 0.15) is 6.33 Å². The SMILES string of the molecule is COC(C)CN(C)C(=O)c1ccc(-c2cncnc2)nc1. The van der Waals surface area contributed by atoms with Crippen molar-refractivity contribution in [3.8, 4) is 11.3 Å². The van der Waals surface area contributed by atoms with Crippen molar-refractivity contribution >= 4 is 5.91 Å². The summed E-state index contributed by atoms with van der Waals surface area (Å²) < 4.78 is 5.16. The minimum atomic E-state index is -0.0812. The molecular formula is C15H18N4O2. The molecule has 0 fully saturated rings. The van der Waals surface area contributed by atoms with E-state index >= 15 is 0 Å². The van der Waals surface area contributed by atoms with E-state index in [0.717, 1.165) is 11.3 Å². The standard InChI is InChI=1S/C15H18N4O2/c1-11(21-3)9-19(2)15(20)12-4-5-14(18-8-12)13-6-16-10-17-7-13/h4-8,10-11H,9H2,1-3H3. The Morgan fingerprint density at radius 1 is 1.29 bits per heavy atom. The van der Waals surface area contributed by atoms with Crippen LogP contribution in [0.4, 0.5) is 0 Å². The summed E-state index contributed by atoms with van der Waals surface area (Å²) in [5.74, 6) is -0.0812. The fraction of sp³-hybridized carbons (Fsp3) is 0.333. The average molecular weight is 286 g/mol. The number of methoxy groups -OCH3 is 1. The third-order valence-electron chi connectivity index (χ3n) is 3.15. The van der Waals surface area contributed by atoms with Crippen molar-refractivity contribution in [3.63, 3.8) is 0 Å². The maximum absolute atomic E-state index is 12.2. The number of aromatic nitrogens is 3. The molecule has 6 heteroatoms. The van der Waals surface area contributed by atoms with Crippen LogP contribution in [0.15, 0.2) is 37.1 Å². The van der Waals surface area contributed by atoms with Gasteiger partial charge >= 0.3 is 0 Å². The highest BCUT2D eigenvalue weighted by Crippen LogP contribution is 2.15. The molecule has 2 heterocycles. The Kier molecular flexibility index (Phi) is 4.94. The number of carbonyl (C=O) groups is 1. The molecule has 0 aliphatic rings. The summed E-state index contributed by atoms with van der Waals surface area (Å²) >= 11 is 0. The van der Waals surface area contributed by atoms with Gasteiger partial charge in [0.15, 0.2) is 0 Å². The molecular weight excluding hydrogens is 268 g/mol. The number of pyridine rings is 1. The topological polar surface area (TPSA) is 68.2 Å². The monoisotopic (exact) mass is 286 g/mol. The summed E-state index contributed by atoms with van der Waals surface area (Å²) in [6.45, 7) is 2.45. The summed E-state index contributed by atoms with van der Waals surface area (Å²) in [4.78, 5) is 26.1. The molecule has 0 aromatic carbocycles. The molecule has 0 N–H and O–H groups in total. The lowest BCUT2D eigenvalue weighted by Gasteiger charge is -2.20. The highest BCUT2D eigenvalue weighted by Gasteiger charge is 2.14. The molecule has 110 valence electrons. The molecule has 2 rings (SSSR count). The Bertz CT molecular complexity index is 586. The molecule has 2 aromatic rings. The smallest absolute Gasteiger partial charge is 0.255 e. The molecule has 0 saturated carbocycles. The predicted molar refractivity (Wildman–Crippen MR) is 78.7 cm³/mol. The molecule has 2 aromatic heterocycles. The first-order chi connectivity index (χ1) is 10.1. The summed E-state index contributed by atoms with van der Waals surface area (Å²) in [6.07, 6.45) is 6.39. The zero-order valence-corrected chi connectivity index (χ0v) is 12.4. The maximum atomic E-state index is 12.2. The first-order valence-corrected chi connectivity index (χ1v) is 6.61. The molecule has 0 aliphatic heterocycles. The third-order valence-corrected chi connectivity index (χ3v) is 3.15. The van der Waals surface area contributed by atoms with Crippen molar-refractivity contribution in [3.05, 3.63) is 42.6 Å². The van der Waals surface area contributed by atoms with Crippen LogP contribution in [0.5, 0.6) is 0 Å². The van der Waals surface area contributed by atoms with Crippen LogP contribution in [0.1, 0.15) is 17.3 Å². The van der Waals surface area contributed by atoms with Gasteiger partial charge in [-0.05, 0) is 19.1 Å². The molecule has 0 aliphatic carbocycles. The van der Waals surface area contributed by atoms with E-state index in [1.807, 2.05) is 6.92 Å². The van der Waals surface area contributed by atoms with E-state index in [2.05, 4.69) is 15.0 Å². The van der Waals surface area contributed by atoms with Crippen molar-refractivity contribution in [2.45, 2.75) is 13.0 Å². The summed E-state index contributed by atoms with van der Waals surface area (Å²) in [5.41, 5.74) is 2.10. The van der Waals surface area contributed by atoms with Gasteiger partial charge in [-0.15, -0.1) is 0 Å². The number of hydrogen-bond donors (Lipinski definition) is 0. The van der Waals surface area contributed by atoms with Crippen LogP contribution in [-0.2, 0) is 4.74 Å². The van der Waals surface area contributed by atoms with Crippen LogP contribution in [-0.4, -0.2) is 52.6 Å². The first kappa shape index (κ1) is 15.1. The fourth-order valence-corrected chi connectivity index (χ4v) is 1.89. The Balaban J connectivity index is 2.10. The summed E-state index contributed by atoms with van der Waals surface area (Å²) in [5, 5.41) is 0. The predicted octanol–water partition coefficient (Wildman–Crippen LogP) is 1.65. The van der Waals surface area contributed by atoms with Gasteiger partial charge in [-0.25, -0.2) is 9.97 Å². The molecule has 21 heavy (non-hydrogen) atoms. The van der Waals surface area contributed by atoms with Crippen LogP contribution >= 0.6 is 0 Å². The van der Waals surface area contributed by atoms with Crippen molar-refractivity contribution < 1.29 is 9.53 Å². The molecule has 0 bridgehead atoms. The number of rotatable bonds is 5. The largest absolute Gasteiger partial charge is 0.380 e. The molecule has 0 radical (unpaired) electrons. The van der Waals surface area contributed by atoms with Crippen molar-refractivity contribution in [2.75, 3.05) is 20.7 Å². The highest BCUT2D eigenvalue weighted by molar-refractivity contribution is 5.94. The normalized spacial score (nSPS) is 12.0. The Morgan fingerprint density at radius 2 is 2.00 bits per heavy atom. The number of hydrogen-bond acceptors (Lipinski definition) is 5. The van der Waals surface area contributed by atoms with Crippen molar-refractivity contribution in [1.29, 1.82) is 0 Å². The minimum absolute atomic E-state index is 0.00681. The summed E-state index contributed by atoms with van der Waals surface area (Å²) in [6, 6.07) is 3.55. The number of amides is 1. The van der Waals surface area contributed by atoms with E-state index in [1.54, 1.807) is 49.8 Å². The van der Waals surface area contributed by atoms with Crippen LogP contribution in [0.2, 0.25) is 0 Å². The van der Waals surface area contributed by atoms with E-state index in [0.29, 0.717) is 12.1 Å². The van der Waals surface area contributed by atoms with E-state index in [4.69, 9.17) is 4.74 Å². The van der Waals surface area contributed by atoms with Crippen LogP contribution in [0.25, 0.3) is 11.3 Å². The second-order valence-electron chi connectivity index (χ2n) is 4.79. The molecule has 1 atom stereocenters. The maximum Gasteiger partial charge on any atom is 0.255 e. The van der Waals surface area contributed by atoms with E-state index in [9.17, 15) is 4.79 Å². The molecule has 1 unspecified atom stereocenters. The zero-order valence-electron chi connectivity index (χ0n) is 12.4. The minimum Gasteiger partial charge on any atom is -0.380 e. The van der Waals surface area contributed by atoms with Gasteiger partial charge in [0.05, 0.1) is 17.4 Å². The summed E-state index contributed by atoms with van der Waals surface area (Å²) in [7, 11) is 3.37. The van der Waals surface area contributed by atoms with Crippen LogP contribution in [0, 0.1) is 0 Å². The second kappa shape index (κ2) is 6.90. The van der Waals surface area contributed by atoms with Gasteiger partial charge in [0, 0.05) is 44.9 Å². The van der Waals surface area contributed by atoms with Crippen LogP contribution in [0.3, 0.4) is 0 Å². The van der Waals surface area contributed by atoms with E-state index in [1.165, 1.54) is 6.33 Å². The van der Waals surface area contributed by atoms with Crippen molar-refractivity contribution in [2.24, 2.45) is 0 Å². The van der Waals surface area contributed by atoms with Gasteiger partial charge in [0.2, 0.25) is 0 Å². The van der Waals surface area contributed by atoms with Gasteiger partial charge in [-0.1, -0.05) is 0 Å². The van der Waals surface area contributed by atoms with Crippen molar-refractivity contribution in [1.82, 2.24) is 19.9 Å². The lowest BCUT2D eigenvalue weighted by atomic mass is 10.2. The van der Waals surface area contributed by atoms with E-state index in [-0.39, 0.29) is 12.0 Å². The van der Waals surface area contributed by atoms with Gasteiger partial charge < -0.3 is 9.64 Å². The highest BCUT2D eigenvalue weighted by atomic mass is 16.5. The van der Waals surface area contributed by atoms with Gasteiger partial charge in [-0.2, -0.15) is 0 Å². The molecule has 6 nitrogen and oxygen atoms in total. The number of nitrogens with zero attached hydrogens (tertiary/aromatic N) is 4. The Morgan fingerprint density at radius 3 is 2.57 bits per heavy atom. The van der Waals surface area contributed by atoms with Crippen LogP contribution < -0.4 is 0 Å². The van der Waals surface area contributed by atoms with Gasteiger partial charge in [0.25, 0.3) is 5.91 Å². The first-order valence-electron chi connectivity index (χ1n) is 6.61. The fourth-order valence-electron chi connectivity index (χ4n) is 1.89. The zero-order chi connectivity index (χ0) is 15.2. The lowest BCUT2D eigenvalue weighted by molar-refractivity contribution is 0.0599. The lowest BCUT2D eigenvalue weighted by Crippen LogP contribution is -2.33. The number of carbonyl (C=O) groups excluding carboxylic acids is 1. The number of ether oxygens (including phenoxy) is 1. The average Bonchev–Trinajstić information content (AvgIpc) is 2.55. The second-order valence-corrected chi connectivity index (χ2v) is 4.79.